The highest BCUT2D eigenvalue weighted by Gasteiger charge is 2.59. The van der Waals surface area contributed by atoms with Crippen molar-refractivity contribution in [3.05, 3.63) is 60.2 Å². The number of nitrogens with zero attached hydrogens (tertiary/aromatic N) is 3. The molecule has 3 aliphatic rings. The van der Waals surface area contributed by atoms with Gasteiger partial charge in [-0.15, -0.1) is 0 Å². The first kappa shape index (κ1) is 18.6. The number of hydrogen-bond donors (Lipinski definition) is 3. The molecule has 1 fully saturated rings. The van der Waals surface area contributed by atoms with Crippen molar-refractivity contribution in [2.45, 2.75) is 30.9 Å². The highest BCUT2D eigenvalue weighted by atomic mass is 16.5. The average Bonchev–Trinajstić information content (AvgIpc) is 3.30. The number of fused-ring (bicyclic) bond motifs is 4. The normalized spacial score (nSPS) is 21.9. The molecule has 1 saturated carbocycles. The summed E-state index contributed by atoms with van der Waals surface area (Å²) in [6, 6.07) is 8.62. The van der Waals surface area contributed by atoms with Crippen molar-refractivity contribution in [3.8, 4) is 17.2 Å². The number of amides is 3. The van der Waals surface area contributed by atoms with Crippen LogP contribution in [0, 0.1) is 0 Å². The summed E-state index contributed by atoms with van der Waals surface area (Å²) in [5, 5.41) is 8.40. The minimum absolute atomic E-state index is 0.0427. The fourth-order valence-electron chi connectivity index (χ4n) is 4.22. The smallest absolute Gasteiger partial charge is 0.320 e. The van der Waals surface area contributed by atoms with Gasteiger partial charge in [0, 0.05) is 29.9 Å². The van der Waals surface area contributed by atoms with E-state index in [0.29, 0.717) is 36.0 Å². The maximum Gasteiger partial charge on any atom is 0.320 e. The van der Waals surface area contributed by atoms with Gasteiger partial charge in [0.15, 0.2) is 0 Å². The molecule has 0 bridgehead atoms. The number of anilines is 2. The fourth-order valence-corrected chi connectivity index (χ4v) is 4.22. The Morgan fingerprint density at radius 2 is 2.09 bits per heavy atom. The molecule has 3 unspecified atom stereocenters. The van der Waals surface area contributed by atoms with E-state index in [0.717, 1.165) is 16.9 Å². The molecule has 3 N–H and O–H groups in total. The van der Waals surface area contributed by atoms with Gasteiger partial charge >= 0.3 is 6.03 Å². The van der Waals surface area contributed by atoms with E-state index in [1.807, 2.05) is 18.2 Å². The van der Waals surface area contributed by atoms with Crippen molar-refractivity contribution < 1.29 is 19.1 Å². The van der Waals surface area contributed by atoms with Gasteiger partial charge in [-0.25, -0.2) is 19.7 Å². The van der Waals surface area contributed by atoms with Crippen LogP contribution in [0.1, 0.15) is 23.5 Å². The molecule has 3 amide bonds. The van der Waals surface area contributed by atoms with Gasteiger partial charge in [-0.3, -0.25) is 10.1 Å². The summed E-state index contributed by atoms with van der Waals surface area (Å²) in [6.07, 6.45) is 5.43. The van der Waals surface area contributed by atoms with Crippen LogP contribution in [0.25, 0.3) is 0 Å². The van der Waals surface area contributed by atoms with Crippen LogP contribution in [-0.4, -0.2) is 39.0 Å². The second kappa shape index (κ2) is 7.19. The van der Waals surface area contributed by atoms with Crippen LogP contribution < -0.4 is 25.4 Å². The number of ether oxygens (including phenoxy) is 2. The van der Waals surface area contributed by atoms with Gasteiger partial charge in [-0.1, -0.05) is 0 Å². The molecule has 2 aromatic heterocycles. The largest absolute Gasteiger partial charge is 0.487 e. The minimum atomic E-state index is -0.342. The zero-order chi connectivity index (χ0) is 21.7. The number of carbonyl (C=O) groups is 2. The second-order valence-electron chi connectivity index (χ2n) is 7.81. The van der Waals surface area contributed by atoms with E-state index in [9.17, 15) is 9.59 Å². The van der Waals surface area contributed by atoms with E-state index >= 15 is 0 Å². The van der Waals surface area contributed by atoms with E-state index < -0.39 is 0 Å². The molecule has 10 nitrogen and oxygen atoms in total. The number of carbonyl (C=O) groups excluding carboxylic acids is 2. The molecule has 2 aliphatic heterocycles. The summed E-state index contributed by atoms with van der Waals surface area (Å²) < 4.78 is 12.1. The highest BCUT2D eigenvalue weighted by molar-refractivity contribution is 5.93. The first-order chi connectivity index (χ1) is 15.7. The lowest BCUT2D eigenvalue weighted by Crippen LogP contribution is -2.34. The van der Waals surface area contributed by atoms with Crippen molar-refractivity contribution in [3.63, 3.8) is 0 Å². The first-order valence-electron chi connectivity index (χ1n) is 10.3. The summed E-state index contributed by atoms with van der Waals surface area (Å²) in [4.78, 5) is 35.9. The molecule has 10 heteroatoms. The Morgan fingerprint density at radius 1 is 1.16 bits per heavy atom. The minimum Gasteiger partial charge on any atom is -0.487 e. The Kier molecular flexibility index (Phi) is 4.17. The SMILES string of the molecule is O=C1CCc2c(Oc3ccc4c(c3)C3C(NC(=O)Nc5ccncn5)C3O4)ccnc2N1. The zero-order valence-corrected chi connectivity index (χ0v) is 16.7. The topological polar surface area (TPSA) is 127 Å². The van der Waals surface area contributed by atoms with Crippen molar-refractivity contribution in [2.24, 2.45) is 0 Å². The Balaban J connectivity index is 1.16. The standard InChI is InChI=1S/C22H18N6O4/c29-17-4-2-12-15(5-8-24-21(12)27-17)31-11-1-3-14-13(9-11)18-19(20(18)32-14)28-22(30)26-16-6-7-23-10-25-16/h1,3,5-10,18-20H,2,4H2,(H,24,27,29)(H2,23,25,26,28,30). The molecule has 3 aromatic rings. The molecular weight excluding hydrogens is 412 g/mol. The lowest BCUT2D eigenvalue weighted by Gasteiger charge is -2.19. The van der Waals surface area contributed by atoms with Crippen molar-refractivity contribution in [1.82, 2.24) is 20.3 Å². The van der Waals surface area contributed by atoms with Crippen LogP contribution in [0.15, 0.2) is 49.1 Å². The monoisotopic (exact) mass is 430 g/mol. The molecule has 3 atom stereocenters. The molecule has 0 spiro atoms. The molecule has 0 saturated heterocycles. The number of benzene rings is 1. The third kappa shape index (κ3) is 3.25. The van der Waals surface area contributed by atoms with Crippen LogP contribution in [0.5, 0.6) is 17.2 Å². The van der Waals surface area contributed by atoms with Crippen LogP contribution in [-0.2, 0) is 11.2 Å². The fraction of sp³-hybridized carbons (Fsp3) is 0.227. The zero-order valence-electron chi connectivity index (χ0n) is 16.7. The number of aromatic nitrogens is 3. The number of hydrogen-bond acceptors (Lipinski definition) is 7. The van der Waals surface area contributed by atoms with Gasteiger partial charge in [-0.2, -0.15) is 0 Å². The van der Waals surface area contributed by atoms with Crippen LogP contribution >= 0.6 is 0 Å². The van der Waals surface area contributed by atoms with Gasteiger partial charge < -0.3 is 20.1 Å². The van der Waals surface area contributed by atoms with Crippen molar-refractivity contribution >= 4 is 23.6 Å². The number of urea groups is 1. The third-order valence-corrected chi connectivity index (χ3v) is 5.78. The lowest BCUT2D eigenvalue weighted by molar-refractivity contribution is -0.116. The Bertz CT molecular complexity index is 1230. The van der Waals surface area contributed by atoms with Crippen molar-refractivity contribution in [2.75, 3.05) is 10.6 Å². The Hall–Kier alpha value is -4.21. The van der Waals surface area contributed by atoms with Gasteiger partial charge in [0.25, 0.3) is 0 Å². The maximum atomic E-state index is 12.3. The predicted molar refractivity (Wildman–Crippen MR) is 113 cm³/mol. The highest BCUT2D eigenvalue weighted by Crippen LogP contribution is 2.54. The molecule has 6 rings (SSSR count). The van der Waals surface area contributed by atoms with Crippen LogP contribution in [0.3, 0.4) is 0 Å². The van der Waals surface area contributed by atoms with Crippen LogP contribution in [0.2, 0.25) is 0 Å². The maximum absolute atomic E-state index is 12.3. The van der Waals surface area contributed by atoms with Gasteiger partial charge in [0.2, 0.25) is 5.91 Å². The van der Waals surface area contributed by atoms with Crippen molar-refractivity contribution in [1.29, 1.82) is 0 Å². The number of pyridine rings is 1. The number of nitrogens with one attached hydrogen (secondary N) is 3. The Morgan fingerprint density at radius 3 is 2.97 bits per heavy atom. The third-order valence-electron chi connectivity index (χ3n) is 5.78. The molecular formula is C22H18N6O4. The number of rotatable bonds is 4. The van der Waals surface area contributed by atoms with Gasteiger partial charge in [0.05, 0.1) is 12.0 Å². The van der Waals surface area contributed by atoms with E-state index in [-0.39, 0.29) is 30.0 Å². The first-order valence-corrected chi connectivity index (χ1v) is 10.3. The average molecular weight is 430 g/mol. The second-order valence-corrected chi connectivity index (χ2v) is 7.81. The molecule has 160 valence electrons. The molecule has 1 aliphatic carbocycles. The summed E-state index contributed by atoms with van der Waals surface area (Å²) >= 11 is 0. The predicted octanol–water partition coefficient (Wildman–Crippen LogP) is 2.60. The van der Waals surface area contributed by atoms with E-state index in [1.165, 1.54) is 6.33 Å². The van der Waals surface area contributed by atoms with E-state index in [4.69, 9.17) is 9.47 Å². The molecule has 1 aromatic carbocycles. The quantitative estimate of drug-likeness (QED) is 0.580. The summed E-state index contributed by atoms with van der Waals surface area (Å²) in [7, 11) is 0. The van der Waals surface area contributed by atoms with Crippen LogP contribution in [0.4, 0.5) is 16.4 Å². The van der Waals surface area contributed by atoms with E-state index in [2.05, 4.69) is 30.9 Å². The lowest BCUT2D eigenvalue weighted by atomic mass is 10.1. The van der Waals surface area contributed by atoms with Gasteiger partial charge in [-0.05, 0) is 36.8 Å². The summed E-state index contributed by atoms with van der Waals surface area (Å²) in [6.45, 7) is 0. The van der Waals surface area contributed by atoms with Gasteiger partial charge in [0.1, 0.15) is 41.3 Å². The Labute approximate surface area is 182 Å². The summed E-state index contributed by atoms with van der Waals surface area (Å²) in [5.74, 6) is 3.12. The molecule has 0 radical (unpaired) electrons. The summed E-state index contributed by atoms with van der Waals surface area (Å²) in [5.41, 5.74) is 1.88. The molecule has 32 heavy (non-hydrogen) atoms. The van der Waals surface area contributed by atoms with E-state index in [1.54, 1.807) is 24.5 Å². The molecule has 4 heterocycles.